The first-order valence-corrected chi connectivity index (χ1v) is 7.93. The third-order valence-corrected chi connectivity index (χ3v) is 3.82. The van der Waals surface area contributed by atoms with Crippen LogP contribution in [-0.2, 0) is 6.42 Å². The van der Waals surface area contributed by atoms with Crippen LogP contribution in [0.15, 0.2) is 53.1 Å². The summed E-state index contributed by atoms with van der Waals surface area (Å²) in [5, 5.41) is 3.96. The molecule has 3 aromatic rings. The first-order valence-electron chi connectivity index (χ1n) is 7.93. The summed E-state index contributed by atoms with van der Waals surface area (Å²) < 4.78 is 18.5. The average molecular weight is 339 g/mol. The van der Waals surface area contributed by atoms with E-state index >= 15 is 0 Å². The van der Waals surface area contributed by atoms with E-state index in [1.807, 2.05) is 31.2 Å². The van der Waals surface area contributed by atoms with Crippen LogP contribution in [0.5, 0.6) is 0 Å². The minimum atomic E-state index is -0.430. The Labute approximate surface area is 145 Å². The van der Waals surface area contributed by atoms with Crippen molar-refractivity contribution in [2.45, 2.75) is 13.3 Å². The highest BCUT2D eigenvalue weighted by molar-refractivity contribution is 5.94. The highest BCUT2D eigenvalue weighted by Crippen LogP contribution is 2.18. The van der Waals surface area contributed by atoms with E-state index in [9.17, 15) is 9.18 Å². The molecular formula is C19H18FN3O2. The lowest BCUT2D eigenvalue weighted by atomic mass is 10.1. The molecular weight excluding hydrogens is 321 g/mol. The van der Waals surface area contributed by atoms with Crippen molar-refractivity contribution >= 4 is 5.91 Å². The zero-order valence-electron chi connectivity index (χ0n) is 14.1. The molecule has 0 fully saturated rings. The number of halogens is 1. The molecule has 0 unspecified atom stereocenters. The number of likely N-dealkylation sites (N-methyl/N-ethyl adjacent to an activating group) is 1. The second-order valence-corrected chi connectivity index (χ2v) is 5.87. The molecule has 1 amide bonds. The van der Waals surface area contributed by atoms with E-state index in [1.165, 1.54) is 23.1 Å². The highest BCUT2D eigenvalue weighted by atomic mass is 19.1. The fourth-order valence-electron chi connectivity index (χ4n) is 2.46. The Morgan fingerprint density at radius 3 is 2.76 bits per heavy atom. The summed E-state index contributed by atoms with van der Waals surface area (Å²) in [5.41, 5.74) is 2.29. The molecule has 0 atom stereocenters. The van der Waals surface area contributed by atoms with Crippen LogP contribution in [0, 0.1) is 12.7 Å². The van der Waals surface area contributed by atoms with Gasteiger partial charge in [-0.2, -0.15) is 4.98 Å². The van der Waals surface area contributed by atoms with E-state index in [-0.39, 0.29) is 5.91 Å². The molecule has 3 rings (SSSR count). The Kier molecular flexibility index (Phi) is 4.88. The van der Waals surface area contributed by atoms with Gasteiger partial charge in [-0.15, -0.1) is 0 Å². The summed E-state index contributed by atoms with van der Waals surface area (Å²) in [6.07, 6.45) is 0.451. The van der Waals surface area contributed by atoms with Crippen molar-refractivity contribution in [3.8, 4) is 11.5 Å². The number of benzene rings is 2. The van der Waals surface area contributed by atoms with E-state index in [0.717, 1.165) is 11.1 Å². The van der Waals surface area contributed by atoms with Gasteiger partial charge < -0.3 is 9.42 Å². The van der Waals surface area contributed by atoms with Crippen LogP contribution in [-0.4, -0.2) is 34.5 Å². The maximum atomic E-state index is 13.2. The number of carbonyl (C=O) groups is 1. The lowest BCUT2D eigenvalue weighted by Crippen LogP contribution is -2.29. The Morgan fingerprint density at radius 2 is 2.00 bits per heavy atom. The van der Waals surface area contributed by atoms with Crippen molar-refractivity contribution in [2.75, 3.05) is 13.6 Å². The van der Waals surface area contributed by atoms with Gasteiger partial charge in [0.1, 0.15) is 5.82 Å². The highest BCUT2D eigenvalue weighted by Gasteiger charge is 2.14. The molecule has 0 aliphatic heterocycles. The monoisotopic (exact) mass is 339 g/mol. The molecule has 0 aliphatic rings. The van der Waals surface area contributed by atoms with Crippen molar-refractivity contribution in [1.82, 2.24) is 15.0 Å². The fraction of sp³-hybridized carbons (Fsp3) is 0.211. The second kappa shape index (κ2) is 7.25. The zero-order valence-corrected chi connectivity index (χ0v) is 14.1. The van der Waals surface area contributed by atoms with Crippen LogP contribution < -0.4 is 0 Å². The Morgan fingerprint density at radius 1 is 1.20 bits per heavy atom. The SMILES string of the molecule is Cc1cccc(-c2nc(CCN(C)C(=O)c3cccc(F)c3)no2)c1. The number of aryl methyl sites for hydroxylation is 1. The third-order valence-electron chi connectivity index (χ3n) is 3.82. The van der Waals surface area contributed by atoms with Gasteiger partial charge in [0.15, 0.2) is 5.82 Å². The Hall–Kier alpha value is -3.02. The third kappa shape index (κ3) is 4.09. The molecule has 1 heterocycles. The number of hydrogen-bond donors (Lipinski definition) is 0. The second-order valence-electron chi connectivity index (χ2n) is 5.87. The van der Waals surface area contributed by atoms with Crippen molar-refractivity contribution < 1.29 is 13.7 Å². The molecule has 0 saturated carbocycles. The molecule has 0 bridgehead atoms. The Balaban J connectivity index is 1.63. The molecule has 0 aliphatic carbocycles. The molecule has 0 saturated heterocycles. The summed E-state index contributed by atoms with van der Waals surface area (Å²) in [6, 6.07) is 13.4. The molecule has 0 radical (unpaired) electrons. The first kappa shape index (κ1) is 16.8. The number of nitrogens with zero attached hydrogens (tertiary/aromatic N) is 3. The predicted molar refractivity (Wildman–Crippen MR) is 91.5 cm³/mol. The largest absolute Gasteiger partial charge is 0.341 e. The minimum Gasteiger partial charge on any atom is -0.341 e. The van der Waals surface area contributed by atoms with Gasteiger partial charge in [0, 0.05) is 31.1 Å². The maximum absolute atomic E-state index is 13.2. The number of hydrogen-bond acceptors (Lipinski definition) is 4. The van der Waals surface area contributed by atoms with Crippen LogP contribution in [0.4, 0.5) is 4.39 Å². The molecule has 25 heavy (non-hydrogen) atoms. The molecule has 0 N–H and O–H groups in total. The molecule has 5 nitrogen and oxygen atoms in total. The summed E-state index contributed by atoms with van der Waals surface area (Å²) in [6.45, 7) is 2.40. The average Bonchev–Trinajstić information content (AvgIpc) is 3.08. The lowest BCUT2D eigenvalue weighted by Gasteiger charge is -2.16. The van der Waals surface area contributed by atoms with Crippen molar-refractivity contribution in [3.05, 3.63) is 71.3 Å². The Bertz CT molecular complexity index is 892. The van der Waals surface area contributed by atoms with Gasteiger partial charge in [0.05, 0.1) is 0 Å². The number of amides is 1. The summed E-state index contributed by atoms with van der Waals surface area (Å²) in [5.74, 6) is 0.301. The van der Waals surface area contributed by atoms with Crippen molar-refractivity contribution in [2.24, 2.45) is 0 Å². The molecule has 0 spiro atoms. The molecule has 6 heteroatoms. The van der Waals surface area contributed by atoms with E-state index in [1.54, 1.807) is 13.1 Å². The van der Waals surface area contributed by atoms with Gasteiger partial charge in [-0.05, 0) is 37.3 Å². The predicted octanol–water partition coefficient (Wildman–Crippen LogP) is 3.50. The van der Waals surface area contributed by atoms with E-state index in [2.05, 4.69) is 10.1 Å². The first-order chi connectivity index (χ1) is 12.0. The van der Waals surface area contributed by atoms with E-state index in [4.69, 9.17) is 4.52 Å². The van der Waals surface area contributed by atoms with Gasteiger partial charge in [0.2, 0.25) is 0 Å². The van der Waals surface area contributed by atoms with Gasteiger partial charge in [0.25, 0.3) is 11.8 Å². The van der Waals surface area contributed by atoms with Crippen molar-refractivity contribution in [3.63, 3.8) is 0 Å². The zero-order chi connectivity index (χ0) is 17.8. The standard InChI is InChI=1S/C19H18FN3O2/c1-13-5-3-6-14(11-13)18-21-17(22-25-18)9-10-23(2)19(24)15-7-4-8-16(20)12-15/h3-8,11-12H,9-10H2,1-2H3. The van der Waals surface area contributed by atoms with Crippen LogP contribution in [0.1, 0.15) is 21.7 Å². The molecule has 1 aromatic heterocycles. The van der Waals surface area contributed by atoms with Gasteiger partial charge in [-0.3, -0.25) is 4.79 Å². The number of carbonyl (C=O) groups excluding carboxylic acids is 1. The lowest BCUT2D eigenvalue weighted by molar-refractivity contribution is 0.0795. The number of aromatic nitrogens is 2. The smallest absolute Gasteiger partial charge is 0.257 e. The van der Waals surface area contributed by atoms with Gasteiger partial charge in [-0.25, -0.2) is 4.39 Å². The topological polar surface area (TPSA) is 59.2 Å². The van der Waals surface area contributed by atoms with Gasteiger partial charge in [-0.1, -0.05) is 28.9 Å². The quantitative estimate of drug-likeness (QED) is 0.714. The molecule has 128 valence electrons. The van der Waals surface area contributed by atoms with Gasteiger partial charge >= 0.3 is 0 Å². The fourth-order valence-corrected chi connectivity index (χ4v) is 2.46. The van der Waals surface area contributed by atoms with Crippen LogP contribution in [0.2, 0.25) is 0 Å². The van der Waals surface area contributed by atoms with Crippen LogP contribution >= 0.6 is 0 Å². The summed E-state index contributed by atoms with van der Waals surface area (Å²) in [4.78, 5) is 18.2. The summed E-state index contributed by atoms with van der Waals surface area (Å²) >= 11 is 0. The maximum Gasteiger partial charge on any atom is 0.257 e. The normalized spacial score (nSPS) is 10.7. The minimum absolute atomic E-state index is 0.248. The number of rotatable bonds is 5. The van der Waals surface area contributed by atoms with Crippen LogP contribution in [0.25, 0.3) is 11.5 Å². The molecule has 2 aromatic carbocycles. The van der Waals surface area contributed by atoms with E-state index < -0.39 is 5.82 Å². The van der Waals surface area contributed by atoms with E-state index in [0.29, 0.717) is 30.2 Å². The van der Waals surface area contributed by atoms with Crippen molar-refractivity contribution in [1.29, 1.82) is 0 Å². The summed E-state index contributed by atoms with van der Waals surface area (Å²) in [7, 11) is 1.66. The van der Waals surface area contributed by atoms with Crippen LogP contribution in [0.3, 0.4) is 0 Å².